The van der Waals surface area contributed by atoms with E-state index in [0.29, 0.717) is 17.9 Å². The Kier molecular flexibility index (Phi) is 5.75. The minimum atomic E-state index is -3.62. The Morgan fingerprint density at radius 1 is 1.07 bits per heavy atom. The van der Waals surface area contributed by atoms with E-state index in [0.717, 1.165) is 0 Å². The second kappa shape index (κ2) is 8.46. The number of amides is 1. The summed E-state index contributed by atoms with van der Waals surface area (Å²) in [6, 6.07) is 7.72. The number of benzene rings is 1. The molecule has 12 heteroatoms. The molecule has 0 unspecified atom stereocenters. The number of aromatic nitrogens is 5. The summed E-state index contributed by atoms with van der Waals surface area (Å²) in [5, 5.41) is 7.25. The molecular formula is C18H18ClN7O3S. The molecular weight excluding hydrogens is 430 g/mol. The van der Waals surface area contributed by atoms with Crippen molar-refractivity contribution in [1.82, 2.24) is 29.0 Å². The van der Waals surface area contributed by atoms with Crippen LogP contribution in [0.2, 0.25) is 5.02 Å². The first kappa shape index (κ1) is 20.4. The molecule has 0 spiro atoms. The number of rotatable bonds is 5. The normalized spacial score (nSPS) is 15.8. The zero-order chi connectivity index (χ0) is 21.1. The minimum Gasteiger partial charge on any atom is -0.294 e. The second-order valence-corrected chi connectivity index (χ2v) is 9.04. The number of nitrogens with zero attached hydrogens (tertiary/aromatic N) is 6. The summed E-state index contributed by atoms with van der Waals surface area (Å²) in [7, 11) is -3.62. The first-order valence-electron chi connectivity index (χ1n) is 9.19. The lowest BCUT2D eigenvalue weighted by molar-refractivity contribution is -0.121. The highest BCUT2D eigenvalue weighted by atomic mass is 35.5. The highest BCUT2D eigenvalue weighted by Gasteiger charge is 2.32. The standard InChI is InChI=1S/C18H18ClN7O3S/c19-14-2-4-15(5-3-14)30(28,29)25-10-6-13(7-11-25)16(27)24-18-22-12-23-26(18)17-20-8-1-9-21-17/h1-5,8-9,12-13H,6-7,10-11H2,(H,22,23,24,27). The average molecular weight is 448 g/mol. The van der Waals surface area contributed by atoms with Gasteiger partial charge in [-0.15, -0.1) is 0 Å². The van der Waals surface area contributed by atoms with Gasteiger partial charge in [0.1, 0.15) is 6.33 Å². The van der Waals surface area contributed by atoms with E-state index in [-0.39, 0.29) is 41.7 Å². The molecule has 0 saturated carbocycles. The number of hydrogen-bond acceptors (Lipinski definition) is 7. The molecule has 30 heavy (non-hydrogen) atoms. The highest BCUT2D eigenvalue weighted by molar-refractivity contribution is 7.89. The topological polar surface area (TPSA) is 123 Å². The summed E-state index contributed by atoms with van der Waals surface area (Å²) in [4.78, 5) is 25.1. The molecule has 1 aliphatic rings. The van der Waals surface area contributed by atoms with Crippen molar-refractivity contribution in [3.63, 3.8) is 0 Å². The number of carbonyl (C=O) groups is 1. The van der Waals surface area contributed by atoms with Crippen molar-refractivity contribution in [3.05, 3.63) is 54.1 Å². The van der Waals surface area contributed by atoms with Crippen LogP contribution in [-0.2, 0) is 14.8 Å². The highest BCUT2D eigenvalue weighted by Crippen LogP contribution is 2.25. The van der Waals surface area contributed by atoms with Crippen LogP contribution < -0.4 is 5.32 Å². The molecule has 4 rings (SSSR count). The van der Waals surface area contributed by atoms with Gasteiger partial charge in [-0.05, 0) is 43.2 Å². The minimum absolute atomic E-state index is 0.186. The molecule has 0 bridgehead atoms. The zero-order valence-corrected chi connectivity index (χ0v) is 17.3. The van der Waals surface area contributed by atoms with Crippen LogP contribution in [0.1, 0.15) is 12.8 Å². The Bertz CT molecular complexity index is 1130. The molecule has 10 nitrogen and oxygen atoms in total. The molecule has 0 aliphatic carbocycles. The van der Waals surface area contributed by atoms with Crippen molar-refractivity contribution < 1.29 is 13.2 Å². The van der Waals surface area contributed by atoms with E-state index in [1.165, 1.54) is 27.4 Å². The molecule has 0 radical (unpaired) electrons. The van der Waals surface area contributed by atoms with Crippen LogP contribution in [-0.4, -0.2) is 56.5 Å². The number of piperidine rings is 1. The quantitative estimate of drug-likeness (QED) is 0.631. The van der Waals surface area contributed by atoms with Gasteiger partial charge in [0.25, 0.3) is 5.95 Å². The zero-order valence-electron chi connectivity index (χ0n) is 15.7. The molecule has 156 valence electrons. The van der Waals surface area contributed by atoms with Gasteiger partial charge in [-0.25, -0.2) is 18.4 Å². The van der Waals surface area contributed by atoms with Gasteiger partial charge >= 0.3 is 0 Å². The molecule has 1 aromatic carbocycles. The third kappa shape index (κ3) is 4.18. The maximum atomic E-state index is 12.8. The smallest absolute Gasteiger partial charge is 0.253 e. The SMILES string of the molecule is O=C(Nc1ncnn1-c1ncccn1)C1CCN(S(=O)(=O)c2ccc(Cl)cc2)CC1. The Hall–Kier alpha value is -2.89. The molecule has 1 saturated heterocycles. The van der Waals surface area contributed by atoms with Crippen molar-refractivity contribution in [2.24, 2.45) is 5.92 Å². The van der Waals surface area contributed by atoms with Gasteiger partial charge in [-0.3, -0.25) is 10.1 Å². The first-order valence-corrected chi connectivity index (χ1v) is 11.0. The van der Waals surface area contributed by atoms with Gasteiger partial charge in [-0.2, -0.15) is 19.1 Å². The van der Waals surface area contributed by atoms with Crippen molar-refractivity contribution in [2.75, 3.05) is 18.4 Å². The van der Waals surface area contributed by atoms with Crippen molar-refractivity contribution in [3.8, 4) is 5.95 Å². The monoisotopic (exact) mass is 447 g/mol. The first-order chi connectivity index (χ1) is 14.4. The van der Waals surface area contributed by atoms with Crippen molar-refractivity contribution >= 4 is 33.5 Å². The summed E-state index contributed by atoms with van der Waals surface area (Å²) in [6.07, 6.45) is 5.22. The van der Waals surface area contributed by atoms with E-state index >= 15 is 0 Å². The van der Waals surface area contributed by atoms with Crippen molar-refractivity contribution in [1.29, 1.82) is 0 Å². The summed E-state index contributed by atoms with van der Waals surface area (Å²) in [5.74, 6) is -0.0937. The van der Waals surface area contributed by atoms with Gasteiger partial charge in [0.2, 0.25) is 21.9 Å². The van der Waals surface area contributed by atoms with E-state index < -0.39 is 10.0 Å². The Morgan fingerprint density at radius 2 is 1.73 bits per heavy atom. The van der Waals surface area contributed by atoms with Gasteiger partial charge in [0, 0.05) is 36.4 Å². The van der Waals surface area contributed by atoms with Crippen LogP contribution in [0.4, 0.5) is 5.95 Å². The van der Waals surface area contributed by atoms with Crippen LogP contribution in [0.3, 0.4) is 0 Å². The number of nitrogens with one attached hydrogen (secondary N) is 1. The maximum Gasteiger partial charge on any atom is 0.253 e. The number of halogens is 1. The lowest BCUT2D eigenvalue weighted by atomic mass is 9.97. The van der Waals surface area contributed by atoms with Crippen molar-refractivity contribution in [2.45, 2.75) is 17.7 Å². The number of anilines is 1. The number of sulfonamides is 1. The molecule has 1 aliphatic heterocycles. The van der Waals surface area contributed by atoms with E-state index in [2.05, 4.69) is 25.4 Å². The lowest BCUT2D eigenvalue weighted by Gasteiger charge is -2.30. The number of carbonyl (C=O) groups excluding carboxylic acids is 1. The van der Waals surface area contributed by atoms with Gasteiger partial charge in [0.05, 0.1) is 4.90 Å². The van der Waals surface area contributed by atoms with Gasteiger partial charge < -0.3 is 0 Å². The lowest BCUT2D eigenvalue weighted by Crippen LogP contribution is -2.41. The predicted octanol–water partition coefficient (Wildman–Crippen LogP) is 1.75. The molecule has 3 heterocycles. The third-order valence-electron chi connectivity index (χ3n) is 4.80. The summed E-state index contributed by atoms with van der Waals surface area (Å²) in [6.45, 7) is 0.495. The van der Waals surface area contributed by atoms with Crippen LogP contribution in [0.5, 0.6) is 0 Å². The van der Waals surface area contributed by atoms with Crippen LogP contribution in [0, 0.1) is 5.92 Å². The fourth-order valence-electron chi connectivity index (χ4n) is 3.20. The number of hydrogen-bond donors (Lipinski definition) is 1. The fourth-order valence-corrected chi connectivity index (χ4v) is 4.80. The van der Waals surface area contributed by atoms with Gasteiger partial charge in [0.15, 0.2) is 0 Å². The molecule has 1 N–H and O–H groups in total. The largest absolute Gasteiger partial charge is 0.294 e. The fraction of sp³-hybridized carbons (Fsp3) is 0.278. The van der Waals surface area contributed by atoms with E-state index in [9.17, 15) is 13.2 Å². The molecule has 0 atom stereocenters. The Morgan fingerprint density at radius 3 is 2.40 bits per heavy atom. The van der Waals surface area contributed by atoms with Crippen LogP contribution >= 0.6 is 11.6 Å². The van der Waals surface area contributed by atoms with Crippen LogP contribution in [0.15, 0.2) is 53.9 Å². The third-order valence-corrected chi connectivity index (χ3v) is 6.97. The Balaban J connectivity index is 1.40. The predicted molar refractivity (Wildman–Crippen MR) is 109 cm³/mol. The van der Waals surface area contributed by atoms with E-state index in [1.54, 1.807) is 30.6 Å². The molecule has 3 aromatic rings. The summed E-state index contributed by atoms with van der Waals surface area (Å²) < 4.78 is 28.3. The molecule has 2 aromatic heterocycles. The maximum absolute atomic E-state index is 12.8. The Labute approximate surface area is 178 Å². The molecule has 1 fully saturated rings. The van der Waals surface area contributed by atoms with Gasteiger partial charge in [-0.1, -0.05) is 11.6 Å². The molecule has 1 amide bonds. The van der Waals surface area contributed by atoms with Crippen LogP contribution in [0.25, 0.3) is 5.95 Å². The second-order valence-electron chi connectivity index (χ2n) is 6.67. The van der Waals surface area contributed by atoms with E-state index in [1.807, 2.05) is 0 Å². The average Bonchev–Trinajstić information content (AvgIpc) is 3.23. The summed E-state index contributed by atoms with van der Waals surface area (Å²) >= 11 is 5.84. The summed E-state index contributed by atoms with van der Waals surface area (Å²) in [5.41, 5.74) is 0. The van der Waals surface area contributed by atoms with E-state index in [4.69, 9.17) is 11.6 Å².